The number of unbranched alkanes of at least 4 members (excludes halogenated alkanes) is 1. The second-order valence-electron chi connectivity index (χ2n) is 7.64. The maximum absolute atomic E-state index is 14.4. The fraction of sp³-hybridized carbons (Fsp3) is 0.632. The van der Waals surface area contributed by atoms with E-state index in [0.29, 0.717) is 37.9 Å². The highest BCUT2D eigenvalue weighted by Crippen LogP contribution is 2.36. The van der Waals surface area contributed by atoms with Crippen molar-refractivity contribution in [2.45, 2.75) is 65.1 Å². The van der Waals surface area contributed by atoms with E-state index >= 15 is 0 Å². The van der Waals surface area contributed by atoms with Gasteiger partial charge in [-0.05, 0) is 65.1 Å². The molecule has 1 aromatic carbocycles. The van der Waals surface area contributed by atoms with Gasteiger partial charge in [0.15, 0.2) is 0 Å². The van der Waals surface area contributed by atoms with Crippen LogP contribution >= 0.6 is 0 Å². The van der Waals surface area contributed by atoms with Crippen LogP contribution in [-0.4, -0.2) is 37.4 Å². The SMILES string of the molecule is CCOC(=O)CCCCNc1c(F)cc(B2OC(C)(C)C(C)(C)O2)cc1F. The lowest BCUT2D eigenvalue weighted by Gasteiger charge is -2.32. The molecular weight excluding hydrogens is 355 g/mol. The number of carbonyl (C=O) groups excluding carboxylic acids is 1. The number of ether oxygens (including phenoxy) is 1. The van der Waals surface area contributed by atoms with E-state index in [1.54, 1.807) is 6.92 Å². The Morgan fingerprint density at radius 1 is 1.11 bits per heavy atom. The smallest absolute Gasteiger partial charge is 0.466 e. The molecule has 5 nitrogen and oxygen atoms in total. The fourth-order valence-corrected chi connectivity index (χ4v) is 2.72. The van der Waals surface area contributed by atoms with Crippen LogP contribution in [-0.2, 0) is 18.8 Å². The van der Waals surface area contributed by atoms with Gasteiger partial charge in [-0.2, -0.15) is 0 Å². The van der Waals surface area contributed by atoms with Crippen LogP contribution in [0, 0.1) is 11.6 Å². The molecule has 1 aromatic rings. The van der Waals surface area contributed by atoms with Gasteiger partial charge < -0.3 is 19.4 Å². The van der Waals surface area contributed by atoms with Crippen LogP contribution in [0.25, 0.3) is 0 Å². The number of esters is 1. The monoisotopic (exact) mass is 383 g/mol. The molecule has 1 N–H and O–H groups in total. The van der Waals surface area contributed by atoms with Crippen LogP contribution in [0.2, 0.25) is 0 Å². The standard InChI is InChI=1S/C19H28BF2NO4/c1-6-25-16(24)9-7-8-10-23-17-14(21)11-13(12-15(17)22)20-26-18(2,3)19(4,5)27-20/h11-12,23H,6-10H2,1-5H3. The quantitative estimate of drug-likeness (QED) is 0.424. The lowest BCUT2D eigenvalue weighted by atomic mass is 9.79. The maximum Gasteiger partial charge on any atom is 0.495 e. The van der Waals surface area contributed by atoms with Crippen molar-refractivity contribution in [3.63, 3.8) is 0 Å². The van der Waals surface area contributed by atoms with E-state index < -0.39 is 30.0 Å². The molecule has 150 valence electrons. The van der Waals surface area contributed by atoms with E-state index in [9.17, 15) is 13.6 Å². The second kappa shape index (κ2) is 8.56. The number of hydrogen-bond acceptors (Lipinski definition) is 5. The lowest BCUT2D eigenvalue weighted by molar-refractivity contribution is -0.143. The predicted molar refractivity (Wildman–Crippen MR) is 101 cm³/mol. The molecule has 1 aliphatic heterocycles. The Hall–Kier alpha value is -1.67. The summed E-state index contributed by atoms with van der Waals surface area (Å²) in [6, 6.07) is 2.46. The first kappa shape index (κ1) is 21.6. The fourth-order valence-electron chi connectivity index (χ4n) is 2.72. The molecule has 1 saturated heterocycles. The van der Waals surface area contributed by atoms with E-state index in [2.05, 4.69) is 5.32 Å². The number of benzene rings is 1. The summed E-state index contributed by atoms with van der Waals surface area (Å²) < 4.78 is 45.3. The molecule has 0 aromatic heterocycles. The third-order valence-corrected chi connectivity index (χ3v) is 5.00. The minimum absolute atomic E-state index is 0.189. The molecule has 1 aliphatic rings. The van der Waals surface area contributed by atoms with E-state index in [1.165, 1.54) is 12.1 Å². The Morgan fingerprint density at radius 3 is 2.19 bits per heavy atom. The van der Waals surface area contributed by atoms with Crippen molar-refractivity contribution in [2.75, 3.05) is 18.5 Å². The van der Waals surface area contributed by atoms with Crippen LogP contribution in [0.15, 0.2) is 12.1 Å². The van der Waals surface area contributed by atoms with Gasteiger partial charge in [0, 0.05) is 13.0 Å². The van der Waals surface area contributed by atoms with Gasteiger partial charge in [-0.3, -0.25) is 4.79 Å². The van der Waals surface area contributed by atoms with Crippen molar-refractivity contribution in [2.24, 2.45) is 0 Å². The zero-order valence-corrected chi connectivity index (χ0v) is 16.7. The molecule has 27 heavy (non-hydrogen) atoms. The summed E-state index contributed by atoms with van der Waals surface area (Å²) in [6.45, 7) is 9.97. The van der Waals surface area contributed by atoms with Crippen LogP contribution in [0.4, 0.5) is 14.5 Å². The largest absolute Gasteiger partial charge is 0.495 e. The normalized spacial score (nSPS) is 17.8. The van der Waals surface area contributed by atoms with Crippen LogP contribution in [0.5, 0.6) is 0 Å². The summed E-state index contributed by atoms with van der Waals surface area (Å²) in [5.74, 6) is -1.67. The van der Waals surface area contributed by atoms with E-state index in [-0.39, 0.29) is 11.7 Å². The van der Waals surface area contributed by atoms with Gasteiger partial charge in [-0.25, -0.2) is 8.78 Å². The third-order valence-electron chi connectivity index (χ3n) is 5.00. The number of rotatable bonds is 8. The molecule has 0 bridgehead atoms. The van der Waals surface area contributed by atoms with Crippen molar-refractivity contribution >= 4 is 24.2 Å². The number of halogens is 2. The van der Waals surface area contributed by atoms with Crippen molar-refractivity contribution in [1.29, 1.82) is 0 Å². The summed E-state index contributed by atoms with van der Waals surface area (Å²) in [6.07, 6.45) is 1.47. The highest BCUT2D eigenvalue weighted by molar-refractivity contribution is 6.62. The molecule has 0 aliphatic carbocycles. The van der Waals surface area contributed by atoms with Crippen LogP contribution < -0.4 is 10.8 Å². The van der Waals surface area contributed by atoms with Gasteiger partial charge in [0.2, 0.25) is 0 Å². The number of anilines is 1. The molecule has 8 heteroatoms. The molecule has 1 fully saturated rings. The first-order valence-corrected chi connectivity index (χ1v) is 9.31. The number of nitrogens with one attached hydrogen (secondary N) is 1. The molecule has 0 unspecified atom stereocenters. The molecular formula is C19H28BF2NO4. The Balaban J connectivity index is 1.94. The lowest BCUT2D eigenvalue weighted by Crippen LogP contribution is -2.41. The Labute approximate surface area is 159 Å². The summed E-state index contributed by atoms with van der Waals surface area (Å²) >= 11 is 0. The van der Waals surface area contributed by atoms with Crippen molar-refractivity contribution in [1.82, 2.24) is 0 Å². The van der Waals surface area contributed by atoms with Crippen molar-refractivity contribution < 1.29 is 27.6 Å². The summed E-state index contributed by atoms with van der Waals surface area (Å²) in [5.41, 5.74) is -1.05. The van der Waals surface area contributed by atoms with Gasteiger partial charge in [-0.1, -0.05) is 0 Å². The minimum Gasteiger partial charge on any atom is -0.466 e. The molecule has 0 radical (unpaired) electrons. The zero-order chi connectivity index (χ0) is 20.2. The first-order valence-electron chi connectivity index (χ1n) is 9.31. The third kappa shape index (κ3) is 5.20. The Morgan fingerprint density at radius 2 is 1.67 bits per heavy atom. The summed E-state index contributed by atoms with van der Waals surface area (Å²) in [7, 11) is -0.822. The molecule has 0 spiro atoms. The zero-order valence-electron chi connectivity index (χ0n) is 16.7. The summed E-state index contributed by atoms with van der Waals surface area (Å²) in [4.78, 5) is 11.3. The molecule has 2 rings (SSSR count). The van der Waals surface area contributed by atoms with Crippen LogP contribution in [0.1, 0.15) is 53.9 Å². The molecule has 0 saturated carbocycles. The first-order chi connectivity index (χ1) is 12.6. The Kier molecular flexibility index (Phi) is 6.86. The summed E-state index contributed by atoms with van der Waals surface area (Å²) in [5, 5.41) is 2.75. The van der Waals surface area contributed by atoms with Gasteiger partial charge in [0.05, 0.1) is 17.8 Å². The Bertz CT molecular complexity index is 643. The average molecular weight is 383 g/mol. The maximum atomic E-state index is 14.4. The van der Waals surface area contributed by atoms with Gasteiger partial charge >= 0.3 is 13.1 Å². The van der Waals surface area contributed by atoms with Gasteiger partial charge in [-0.15, -0.1) is 0 Å². The van der Waals surface area contributed by atoms with E-state index in [0.717, 1.165) is 0 Å². The number of carbonyl (C=O) groups is 1. The topological polar surface area (TPSA) is 56.8 Å². The molecule has 1 heterocycles. The van der Waals surface area contributed by atoms with Crippen LogP contribution in [0.3, 0.4) is 0 Å². The average Bonchev–Trinajstić information content (AvgIpc) is 2.77. The molecule has 0 atom stereocenters. The van der Waals surface area contributed by atoms with Crippen molar-refractivity contribution in [3.8, 4) is 0 Å². The second-order valence-corrected chi connectivity index (χ2v) is 7.64. The van der Waals surface area contributed by atoms with Gasteiger partial charge in [0.1, 0.15) is 17.3 Å². The minimum atomic E-state index is -0.822. The highest BCUT2D eigenvalue weighted by atomic mass is 19.1. The van der Waals surface area contributed by atoms with E-state index in [4.69, 9.17) is 14.0 Å². The van der Waals surface area contributed by atoms with Crippen molar-refractivity contribution in [3.05, 3.63) is 23.8 Å². The predicted octanol–water partition coefficient (Wildman–Crippen LogP) is 3.41. The van der Waals surface area contributed by atoms with E-state index in [1.807, 2.05) is 27.7 Å². The number of hydrogen-bond donors (Lipinski definition) is 1. The molecule has 0 amide bonds. The highest BCUT2D eigenvalue weighted by Gasteiger charge is 2.52. The van der Waals surface area contributed by atoms with Gasteiger partial charge in [0.25, 0.3) is 0 Å².